The number of pyridine rings is 2. The predicted molar refractivity (Wildman–Crippen MR) is 106 cm³/mol. The average molecular weight is 373 g/mol. The number of likely N-dealkylation sites (tertiary alicyclic amines) is 1. The second kappa shape index (κ2) is 7.09. The molecule has 1 aromatic carbocycles. The third kappa shape index (κ3) is 2.83. The molecule has 2 aliphatic rings. The van der Waals surface area contributed by atoms with Crippen LogP contribution in [0.15, 0.2) is 79.4 Å². The number of morpholine rings is 1. The summed E-state index contributed by atoms with van der Waals surface area (Å²) in [5.74, 6) is 0. The molecule has 2 saturated heterocycles. The molecule has 2 aliphatic heterocycles. The van der Waals surface area contributed by atoms with Gasteiger partial charge in [0, 0.05) is 48.5 Å². The average Bonchev–Trinajstić information content (AvgIpc) is 3.39. The van der Waals surface area contributed by atoms with Crippen molar-refractivity contribution in [2.75, 3.05) is 13.2 Å². The summed E-state index contributed by atoms with van der Waals surface area (Å²) in [6, 6.07) is 17.9. The monoisotopic (exact) mass is 373 g/mol. The van der Waals surface area contributed by atoms with Crippen LogP contribution in [0.4, 0.5) is 0 Å². The van der Waals surface area contributed by atoms with Gasteiger partial charge in [0.25, 0.3) is 0 Å². The Balaban J connectivity index is 1.71. The molecule has 0 saturated carbocycles. The number of benzene rings is 1. The van der Waals surface area contributed by atoms with Crippen LogP contribution in [-0.4, -0.2) is 45.3 Å². The van der Waals surface area contributed by atoms with Crippen molar-refractivity contribution in [1.29, 1.82) is 0 Å². The van der Waals surface area contributed by atoms with Gasteiger partial charge < -0.3 is 9.84 Å². The second-order valence-corrected chi connectivity index (χ2v) is 7.60. The summed E-state index contributed by atoms with van der Waals surface area (Å²) in [4.78, 5) is 11.0. The molecule has 2 aromatic heterocycles. The van der Waals surface area contributed by atoms with E-state index in [9.17, 15) is 5.11 Å². The highest BCUT2D eigenvalue weighted by molar-refractivity contribution is 5.40. The van der Waals surface area contributed by atoms with Crippen LogP contribution in [0.1, 0.15) is 29.2 Å². The third-order valence-electron chi connectivity index (χ3n) is 5.99. The van der Waals surface area contributed by atoms with Crippen molar-refractivity contribution in [2.45, 2.75) is 30.2 Å². The maximum atomic E-state index is 12.4. The smallest absolute Gasteiger partial charge is 0.137 e. The molecule has 0 amide bonds. The zero-order valence-corrected chi connectivity index (χ0v) is 15.6. The van der Waals surface area contributed by atoms with Crippen molar-refractivity contribution in [1.82, 2.24) is 14.9 Å². The van der Waals surface area contributed by atoms with E-state index in [0.29, 0.717) is 12.6 Å². The van der Waals surface area contributed by atoms with Crippen molar-refractivity contribution >= 4 is 0 Å². The molecule has 2 bridgehead atoms. The maximum absolute atomic E-state index is 12.4. The van der Waals surface area contributed by atoms with E-state index in [0.717, 1.165) is 29.7 Å². The number of aromatic nitrogens is 2. The van der Waals surface area contributed by atoms with E-state index in [1.54, 1.807) is 24.8 Å². The van der Waals surface area contributed by atoms with E-state index >= 15 is 0 Å². The molecule has 5 heteroatoms. The molecule has 142 valence electrons. The number of hydrogen-bond donors (Lipinski definition) is 1. The summed E-state index contributed by atoms with van der Waals surface area (Å²) >= 11 is 0. The fourth-order valence-electron chi connectivity index (χ4n) is 4.71. The molecule has 3 aromatic rings. The molecule has 5 rings (SSSR count). The first-order chi connectivity index (χ1) is 13.8. The van der Waals surface area contributed by atoms with E-state index in [1.165, 1.54) is 0 Å². The first-order valence-electron chi connectivity index (χ1n) is 9.72. The Hall–Kier alpha value is -2.60. The SMILES string of the molecule is OC(c1cccnc1)(c1cccnc1)C(c1ccccc1)N1C[C@@H]2C[C@H]1CO2. The molecule has 4 heterocycles. The zero-order valence-electron chi connectivity index (χ0n) is 15.6. The maximum Gasteiger partial charge on any atom is 0.137 e. The number of hydrogen-bond acceptors (Lipinski definition) is 5. The van der Waals surface area contributed by atoms with Gasteiger partial charge in [-0.2, -0.15) is 0 Å². The van der Waals surface area contributed by atoms with E-state index < -0.39 is 5.60 Å². The molecular formula is C23H23N3O2. The van der Waals surface area contributed by atoms with Crippen molar-refractivity contribution in [3.8, 4) is 0 Å². The highest BCUT2D eigenvalue weighted by atomic mass is 16.5. The quantitative estimate of drug-likeness (QED) is 0.745. The van der Waals surface area contributed by atoms with Crippen LogP contribution in [0.25, 0.3) is 0 Å². The lowest BCUT2D eigenvalue weighted by Gasteiger charge is -2.45. The lowest BCUT2D eigenvalue weighted by Crippen LogP contribution is -2.49. The fourth-order valence-corrected chi connectivity index (χ4v) is 4.71. The van der Waals surface area contributed by atoms with Gasteiger partial charge >= 0.3 is 0 Å². The second-order valence-electron chi connectivity index (χ2n) is 7.60. The molecule has 5 nitrogen and oxygen atoms in total. The standard InChI is InChI=1S/C23H23N3O2/c27-23(18-8-4-10-24-13-18,19-9-5-11-25-14-19)22(17-6-2-1-3-7-17)26-15-21-12-20(26)16-28-21/h1-11,13-14,20-22,27H,12,15-16H2/t20-,21-,22?/m0/s1. The summed E-state index contributed by atoms with van der Waals surface area (Å²) in [6.07, 6.45) is 8.23. The van der Waals surface area contributed by atoms with Gasteiger partial charge in [-0.05, 0) is 24.1 Å². The summed E-state index contributed by atoms with van der Waals surface area (Å²) in [5, 5.41) is 12.4. The predicted octanol–water partition coefficient (Wildman–Crippen LogP) is 2.93. The normalized spacial score (nSPS) is 23.0. The highest BCUT2D eigenvalue weighted by Gasteiger charge is 2.51. The molecular weight excluding hydrogens is 350 g/mol. The molecule has 2 fully saturated rings. The Labute approximate surface area is 164 Å². The Kier molecular flexibility index (Phi) is 4.43. The van der Waals surface area contributed by atoms with Gasteiger partial charge in [-0.15, -0.1) is 0 Å². The number of ether oxygens (including phenoxy) is 1. The van der Waals surface area contributed by atoms with Crippen LogP contribution in [0.5, 0.6) is 0 Å². The fraction of sp³-hybridized carbons (Fsp3) is 0.304. The Bertz CT molecular complexity index is 881. The van der Waals surface area contributed by atoms with Gasteiger partial charge in [-0.3, -0.25) is 14.9 Å². The molecule has 0 spiro atoms. The van der Waals surface area contributed by atoms with E-state index in [4.69, 9.17) is 4.74 Å². The number of aliphatic hydroxyl groups is 1. The van der Waals surface area contributed by atoms with Crippen molar-refractivity contribution < 1.29 is 9.84 Å². The first kappa shape index (κ1) is 17.5. The number of nitrogens with zero attached hydrogens (tertiary/aromatic N) is 3. The molecule has 0 aliphatic carbocycles. The summed E-state index contributed by atoms with van der Waals surface area (Å²) in [6.45, 7) is 1.53. The largest absolute Gasteiger partial charge is 0.378 e. The topological polar surface area (TPSA) is 58.5 Å². The third-order valence-corrected chi connectivity index (χ3v) is 5.99. The summed E-state index contributed by atoms with van der Waals surface area (Å²) in [5.41, 5.74) is 1.32. The number of fused-ring (bicyclic) bond motifs is 2. The van der Waals surface area contributed by atoms with Crippen LogP contribution < -0.4 is 0 Å². The van der Waals surface area contributed by atoms with Crippen molar-refractivity contribution in [3.63, 3.8) is 0 Å². The van der Waals surface area contributed by atoms with Gasteiger partial charge in [-0.1, -0.05) is 42.5 Å². The van der Waals surface area contributed by atoms with Crippen LogP contribution in [0.3, 0.4) is 0 Å². The first-order valence-corrected chi connectivity index (χ1v) is 9.72. The molecule has 0 radical (unpaired) electrons. The van der Waals surface area contributed by atoms with Crippen LogP contribution in [0.2, 0.25) is 0 Å². The minimum atomic E-state index is -1.28. The van der Waals surface area contributed by atoms with Gasteiger partial charge in [0.2, 0.25) is 0 Å². The van der Waals surface area contributed by atoms with Crippen molar-refractivity contribution in [3.05, 3.63) is 96.1 Å². The van der Waals surface area contributed by atoms with E-state index in [-0.39, 0.29) is 12.1 Å². The molecule has 1 unspecified atom stereocenters. The van der Waals surface area contributed by atoms with Crippen LogP contribution in [0, 0.1) is 0 Å². The Morgan fingerprint density at radius 3 is 2.14 bits per heavy atom. The number of rotatable bonds is 5. The van der Waals surface area contributed by atoms with Gasteiger partial charge in [0.05, 0.1) is 18.8 Å². The summed E-state index contributed by atoms with van der Waals surface area (Å²) < 4.78 is 5.84. The Morgan fingerprint density at radius 2 is 1.64 bits per heavy atom. The van der Waals surface area contributed by atoms with Gasteiger partial charge in [0.15, 0.2) is 0 Å². The van der Waals surface area contributed by atoms with Gasteiger partial charge in [0.1, 0.15) is 5.60 Å². The van der Waals surface area contributed by atoms with E-state index in [2.05, 4.69) is 27.0 Å². The van der Waals surface area contributed by atoms with Gasteiger partial charge in [-0.25, -0.2) is 0 Å². The molecule has 1 N–H and O–H groups in total. The van der Waals surface area contributed by atoms with Crippen LogP contribution in [-0.2, 0) is 10.3 Å². The molecule has 3 atom stereocenters. The minimum absolute atomic E-state index is 0.239. The van der Waals surface area contributed by atoms with E-state index in [1.807, 2.05) is 42.5 Å². The minimum Gasteiger partial charge on any atom is -0.378 e. The molecule has 28 heavy (non-hydrogen) atoms. The lowest BCUT2D eigenvalue weighted by atomic mass is 9.77. The lowest BCUT2D eigenvalue weighted by molar-refractivity contribution is -0.0643. The zero-order chi connectivity index (χ0) is 19.0. The van der Waals surface area contributed by atoms with Crippen molar-refractivity contribution in [2.24, 2.45) is 0 Å². The highest BCUT2D eigenvalue weighted by Crippen LogP contribution is 2.48. The van der Waals surface area contributed by atoms with Crippen LogP contribution >= 0.6 is 0 Å². The Morgan fingerprint density at radius 1 is 0.964 bits per heavy atom. The summed E-state index contributed by atoms with van der Waals surface area (Å²) in [7, 11) is 0.